The molecule has 1 unspecified atom stereocenters. The van der Waals surface area contributed by atoms with Crippen LogP contribution in [0.1, 0.15) is 35.1 Å². The standard InChI is InChI=1S/C19H22ClN3O5S2/c1-3-28-18(25)16-12(2)21-19(29-16)22-17(24)13-5-4-10-23(11-13)30(26,27)15-8-6-14(20)7-9-15/h6-9,13H,3-5,10-11H2,1-2H3,(H,21,22,24). The lowest BCUT2D eigenvalue weighted by Crippen LogP contribution is -2.43. The van der Waals surface area contributed by atoms with Crippen molar-refractivity contribution in [3.63, 3.8) is 0 Å². The topological polar surface area (TPSA) is 106 Å². The number of thiazole rings is 1. The van der Waals surface area contributed by atoms with E-state index in [0.717, 1.165) is 11.3 Å². The number of aromatic nitrogens is 1. The normalized spacial score (nSPS) is 17.5. The highest BCUT2D eigenvalue weighted by Gasteiger charge is 2.33. The third kappa shape index (κ3) is 5.00. The lowest BCUT2D eigenvalue weighted by molar-refractivity contribution is -0.120. The van der Waals surface area contributed by atoms with Gasteiger partial charge in [-0.15, -0.1) is 0 Å². The number of nitrogens with one attached hydrogen (secondary N) is 1. The Labute approximate surface area is 184 Å². The molecule has 0 bridgehead atoms. The van der Waals surface area contributed by atoms with Gasteiger partial charge in [0.1, 0.15) is 4.88 Å². The molecule has 8 nitrogen and oxygen atoms in total. The van der Waals surface area contributed by atoms with Gasteiger partial charge in [0.25, 0.3) is 0 Å². The zero-order valence-electron chi connectivity index (χ0n) is 16.6. The summed E-state index contributed by atoms with van der Waals surface area (Å²) in [6, 6.07) is 5.95. The van der Waals surface area contributed by atoms with Crippen molar-refractivity contribution in [3.05, 3.63) is 39.9 Å². The molecule has 1 aromatic carbocycles. The van der Waals surface area contributed by atoms with Gasteiger partial charge in [-0.05, 0) is 51.0 Å². The number of carbonyl (C=O) groups excluding carboxylic acids is 2. The van der Waals surface area contributed by atoms with Crippen molar-refractivity contribution in [2.75, 3.05) is 25.0 Å². The number of rotatable bonds is 6. The van der Waals surface area contributed by atoms with Gasteiger partial charge in [-0.1, -0.05) is 22.9 Å². The highest BCUT2D eigenvalue weighted by atomic mass is 35.5. The Morgan fingerprint density at radius 2 is 2.03 bits per heavy atom. The van der Waals surface area contributed by atoms with E-state index >= 15 is 0 Å². The third-order valence-corrected chi connectivity index (χ3v) is 7.88. The average molecular weight is 472 g/mol. The molecule has 1 amide bonds. The molecule has 1 saturated heterocycles. The molecular weight excluding hydrogens is 450 g/mol. The van der Waals surface area contributed by atoms with Crippen LogP contribution in [0.25, 0.3) is 0 Å². The minimum atomic E-state index is -3.72. The Kier molecular flexibility index (Phi) is 7.12. The molecule has 1 aliphatic rings. The molecule has 1 aromatic heterocycles. The second-order valence-electron chi connectivity index (χ2n) is 6.80. The molecule has 2 aromatic rings. The number of aryl methyl sites for hydroxylation is 1. The first-order chi connectivity index (χ1) is 14.2. The van der Waals surface area contributed by atoms with Crippen LogP contribution in [-0.2, 0) is 19.6 Å². The molecule has 1 atom stereocenters. The summed E-state index contributed by atoms with van der Waals surface area (Å²) in [6.45, 7) is 4.05. The maximum absolute atomic E-state index is 12.9. The van der Waals surface area contributed by atoms with Gasteiger partial charge in [-0.25, -0.2) is 18.2 Å². The summed E-state index contributed by atoms with van der Waals surface area (Å²) in [7, 11) is -3.72. The van der Waals surface area contributed by atoms with Gasteiger partial charge < -0.3 is 10.1 Å². The maximum Gasteiger partial charge on any atom is 0.350 e. The summed E-state index contributed by atoms with van der Waals surface area (Å²) in [6.07, 6.45) is 1.13. The molecule has 30 heavy (non-hydrogen) atoms. The van der Waals surface area contributed by atoms with E-state index in [1.54, 1.807) is 13.8 Å². The molecule has 0 saturated carbocycles. The van der Waals surface area contributed by atoms with E-state index in [1.165, 1.54) is 28.6 Å². The van der Waals surface area contributed by atoms with Gasteiger partial charge in [0.2, 0.25) is 15.9 Å². The van der Waals surface area contributed by atoms with Crippen molar-refractivity contribution in [3.8, 4) is 0 Å². The zero-order valence-corrected chi connectivity index (χ0v) is 18.9. The Bertz CT molecular complexity index is 1040. The number of hydrogen-bond acceptors (Lipinski definition) is 7. The minimum absolute atomic E-state index is 0.0753. The highest BCUT2D eigenvalue weighted by molar-refractivity contribution is 7.89. The van der Waals surface area contributed by atoms with E-state index in [2.05, 4.69) is 10.3 Å². The predicted octanol–water partition coefficient (Wildman–Crippen LogP) is 3.32. The van der Waals surface area contributed by atoms with Gasteiger partial charge in [0.15, 0.2) is 5.13 Å². The number of amides is 1. The lowest BCUT2D eigenvalue weighted by Gasteiger charge is -2.31. The molecule has 1 aliphatic heterocycles. The van der Waals surface area contributed by atoms with Gasteiger partial charge in [-0.2, -0.15) is 4.31 Å². The summed E-state index contributed by atoms with van der Waals surface area (Å²) in [5.74, 6) is -1.32. The number of halogens is 1. The number of carbonyl (C=O) groups is 2. The monoisotopic (exact) mass is 471 g/mol. The fourth-order valence-corrected chi connectivity index (χ4v) is 5.69. The number of nitrogens with zero attached hydrogens (tertiary/aromatic N) is 2. The first-order valence-corrected chi connectivity index (χ1v) is 12.1. The summed E-state index contributed by atoms with van der Waals surface area (Å²) >= 11 is 6.89. The maximum atomic E-state index is 12.9. The SMILES string of the molecule is CCOC(=O)c1sc(NC(=O)C2CCCN(S(=O)(=O)c3ccc(Cl)cc3)C2)nc1C. The number of ether oxygens (including phenoxy) is 1. The van der Waals surface area contributed by atoms with Crippen molar-refractivity contribution in [1.82, 2.24) is 9.29 Å². The zero-order chi connectivity index (χ0) is 21.9. The van der Waals surface area contributed by atoms with Crippen molar-refractivity contribution in [1.29, 1.82) is 0 Å². The summed E-state index contributed by atoms with van der Waals surface area (Å²) in [4.78, 5) is 29.4. The summed E-state index contributed by atoms with van der Waals surface area (Å²) in [5, 5.41) is 3.45. The molecule has 162 valence electrons. The van der Waals surface area contributed by atoms with Crippen LogP contribution in [-0.4, -0.2) is 49.3 Å². The average Bonchev–Trinajstić information content (AvgIpc) is 3.08. The van der Waals surface area contributed by atoms with E-state index < -0.39 is 21.9 Å². The molecular formula is C19H22ClN3O5S2. The number of hydrogen-bond donors (Lipinski definition) is 1. The Hall–Kier alpha value is -2.01. The second-order valence-corrected chi connectivity index (χ2v) is 10.2. The molecule has 1 fully saturated rings. The minimum Gasteiger partial charge on any atom is -0.462 e. The Morgan fingerprint density at radius 1 is 1.33 bits per heavy atom. The summed E-state index contributed by atoms with van der Waals surface area (Å²) in [5.41, 5.74) is 0.476. The van der Waals surface area contributed by atoms with Crippen LogP contribution in [0.15, 0.2) is 29.2 Å². The van der Waals surface area contributed by atoms with E-state index in [-0.39, 0.29) is 24.0 Å². The Morgan fingerprint density at radius 3 is 2.70 bits per heavy atom. The van der Waals surface area contributed by atoms with E-state index in [9.17, 15) is 18.0 Å². The molecule has 0 spiro atoms. The number of benzene rings is 1. The van der Waals surface area contributed by atoms with Gasteiger partial charge in [0, 0.05) is 18.1 Å². The van der Waals surface area contributed by atoms with Crippen LogP contribution in [0.4, 0.5) is 5.13 Å². The third-order valence-electron chi connectivity index (χ3n) is 4.69. The van der Waals surface area contributed by atoms with E-state index in [4.69, 9.17) is 16.3 Å². The fraction of sp³-hybridized carbons (Fsp3) is 0.421. The predicted molar refractivity (Wildman–Crippen MR) is 114 cm³/mol. The number of esters is 1. The van der Waals surface area contributed by atoms with Crippen molar-refractivity contribution < 1.29 is 22.7 Å². The molecule has 1 N–H and O–H groups in total. The highest BCUT2D eigenvalue weighted by Crippen LogP contribution is 2.27. The van der Waals surface area contributed by atoms with Crippen LogP contribution >= 0.6 is 22.9 Å². The number of anilines is 1. The summed E-state index contributed by atoms with van der Waals surface area (Å²) < 4.78 is 32.1. The largest absolute Gasteiger partial charge is 0.462 e. The Balaban J connectivity index is 1.69. The molecule has 11 heteroatoms. The van der Waals surface area contributed by atoms with Crippen LogP contribution in [0.3, 0.4) is 0 Å². The molecule has 0 radical (unpaired) electrons. The number of piperidine rings is 1. The van der Waals surface area contributed by atoms with Gasteiger partial charge in [0.05, 0.1) is 23.1 Å². The smallest absolute Gasteiger partial charge is 0.350 e. The van der Waals surface area contributed by atoms with Crippen molar-refractivity contribution in [2.45, 2.75) is 31.6 Å². The van der Waals surface area contributed by atoms with Crippen molar-refractivity contribution >= 4 is 50.0 Å². The second kappa shape index (κ2) is 9.42. The fourth-order valence-electron chi connectivity index (χ4n) is 3.17. The van der Waals surface area contributed by atoms with E-state index in [1.807, 2.05) is 0 Å². The van der Waals surface area contributed by atoms with Crippen LogP contribution in [0.2, 0.25) is 5.02 Å². The van der Waals surface area contributed by atoms with Gasteiger partial charge >= 0.3 is 5.97 Å². The van der Waals surface area contributed by atoms with Crippen molar-refractivity contribution in [2.24, 2.45) is 5.92 Å². The van der Waals surface area contributed by atoms with Crippen LogP contribution in [0, 0.1) is 12.8 Å². The molecule has 0 aliphatic carbocycles. The van der Waals surface area contributed by atoms with E-state index in [0.29, 0.717) is 40.1 Å². The van der Waals surface area contributed by atoms with Crippen LogP contribution < -0.4 is 5.32 Å². The number of sulfonamides is 1. The lowest BCUT2D eigenvalue weighted by atomic mass is 9.99. The first kappa shape index (κ1) is 22.7. The quantitative estimate of drug-likeness (QED) is 0.648. The molecule has 2 heterocycles. The molecule has 3 rings (SSSR count). The van der Waals surface area contributed by atoms with Crippen LogP contribution in [0.5, 0.6) is 0 Å². The first-order valence-electron chi connectivity index (χ1n) is 9.43. The van der Waals surface area contributed by atoms with Gasteiger partial charge in [-0.3, -0.25) is 4.79 Å².